The minimum atomic E-state index is -0.133. The molecule has 7 heteroatoms. The molecule has 0 radical (unpaired) electrons. The van der Waals surface area contributed by atoms with Crippen molar-refractivity contribution in [3.05, 3.63) is 48.6 Å². The van der Waals surface area contributed by atoms with Crippen molar-refractivity contribution in [2.24, 2.45) is 11.8 Å². The Hall–Kier alpha value is -2.67. The summed E-state index contributed by atoms with van der Waals surface area (Å²) in [5.74, 6) is 0.494. The summed E-state index contributed by atoms with van der Waals surface area (Å²) >= 11 is 0. The van der Waals surface area contributed by atoms with Crippen LogP contribution in [0.25, 0.3) is 0 Å². The molecule has 0 bridgehead atoms. The molecule has 0 heterocycles. The van der Waals surface area contributed by atoms with E-state index >= 15 is 0 Å². The molecule has 306 valence electrons. The Morgan fingerprint density at radius 3 is 1.26 bits per heavy atom. The van der Waals surface area contributed by atoms with Crippen molar-refractivity contribution in [1.82, 2.24) is 4.90 Å². The van der Waals surface area contributed by atoms with Crippen molar-refractivity contribution in [1.29, 1.82) is 0 Å². The van der Waals surface area contributed by atoms with E-state index in [-0.39, 0.29) is 24.0 Å². The number of unbranched alkanes of at least 4 members (excludes halogenated alkanes) is 14. The van der Waals surface area contributed by atoms with E-state index in [0.29, 0.717) is 31.1 Å². The van der Waals surface area contributed by atoms with Crippen LogP contribution >= 0.6 is 0 Å². The molecular weight excluding hydrogens is 663 g/mol. The molecule has 0 aromatic carbocycles. The van der Waals surface area contributed by atoms with Crippen molar-refractivity contribution in [2.45, 2.75) is 180 Å². The number of carbonyl (C=O) groups is 3. The van der Waals surface area contributed by atoms with E-state index in [1.54, 1.807) is 0 Å². The van der Waals surface area contributed by atoms with Gasteiger partial charge in [-0.25, -0.2) is 0 Å². The molecule has 0 saturated heterocycles. The lowest BCUT2D eigenvalue weighted by atomic mass is 9.92. The number of allylic oxidation sites excluding steroid dienone is 8. The number of carbonyl (C=O) groups excluding carboxylic acids is 3. The first-order chi connectivity index (χ1) is 25.7. The Morgan fingerprint density at radius 2 is 0.868 bits per heavy atom. The molecule has 53 heavy (non-hydrogen) atoms. The summed E-state index contributed by atoms with van der Waals surface area (Å²) < 4.78 is 15.5. The Balaban J connectivity index is 4.26. The summed E-state index contributed by atoms with van der Waals surface area (Å²) in [6.45, 7) is 5.40. The van der Waals surface area contributed by atoms with Gasteiger partial charge >= 0.3 is 17.9 Å². The molecule has 0 fully saturated rings. The molecule has 0 aliphatic rings. The van der Waals surface area contributed by atoms with Crippen LogP contribution in [0.1, 0.15) is 174 Å². The molecule has 0 aliphatic heterocycles. The zero-order chi connectivity index (χ0) is 39.2. The van der Waals surface area contributed by atoms with Gasteiger partial charge in [0.1, 0.15) is 6.10 Å². The second-order valence-corrected chi connectivity index (χ2v) is 15.2. The van der Waals surface area contributed by atoms with E-state index in [9.17, 15) is 14.4 Å². The Bertz CT molecular complexity index is 940. The van der Waals surface area contributed by atoms with Gasteiger partial charge in [0.15, 0.2) is 0 Å². The van der Waals surface area contributed by atoms with Crippen LogP contribution < -0.4 is 0 Å². The standard InChI is InChI=1S/C46H81NO6/c1-41(42(2)40-47(3)4)39-46(50)53-43(35-31-27-23-19-15-11-7-9-13-17-21-25-29-33-37-44(48)51-5)36-32-28-24-20-16-12-8-10-14-18-22-26-30-34-38-45(49)52-6/h9-10,13-14,21-22,25-26,41-43H,7-8,11-12,15-20,23-24,27-40H2,1-6H3/b13-9-,14-10-,25-21-,26-22-. The van der Waals surface area contributed by atoms with Gasteiger partial charge in [-0.05, 0) is 116 Å². The van der Waals surface area contributed by atoms with Crippen LogP contribution in [0, 0.1) is 11.8 Å². The van der Waals surface area contributed by atoms with Crippen molar-refractivity contribution < 1.29 is 28.6 Å². The van der Waals surface area contributed by atoms with Crippen molar-refractivity contribution in [3.63, 3.8) is 0 Å². The van der Waals surface area contributed by atoms with E-state index in [4.69, 9.17) is 4.74 Å². The van der Waals surface area contributed by atoms with Gasteiger partial charge in [-0.15, -0.1) is 0 Å². The molecule has 7 nitrogen and oxygen atoms in total. The third kappa shape index (κ3) is 36.1. The number of ether oxygens (including phenoxy) is 3. The molecule has 0 N–H and O–H groups in total. The van der Waals surface area contributed by atoms with Crippen molar-refractivity contribution in [2.75, 3.05) is 34.9 Å². The maximum atomic E-state index is 13.0. The first-order valence-electron chi connectivity index (χ1n) is 21.3. The Labute approximate surface area is 326 Å². The first-order valence-corrected chi connectivity index (χ1v) is 21.3. The Kier molecular flexibility index (Phi) is 35.7. The second-order valence-electron chi connectivity index (χ2n) is 15.2. The van der Waals surface area contributed by atoms with Gasteiger partial charge in [0.2, 0.25) is 0 Å². The molecule has 2 unspecified atom stereocenters. The van der Waals surface area contributed by atoms with Gasteiger partial charge in [-0.1, -0.05) is 114 Å². The highest BCUT2D eigenvalue weighted by molar-refractivity contribution is 5.70. The zero-order valence-electron chi connectivity index (χ0n) is 35.1. The van der Waals surface area contributed by atoms with E-state index in [1.165, 1.54) is 78.4 Å². The van der Waals surface area contributed by atoms with Crippen LogP contribution in [0.2, 0.25) is 0 Å². The van der Waals surface area contributed by atoms with E-state index in [1.807, 2.05) is 0 Å². The monoisotopic (exact) mass is 744 g/mol. The highest BCUT2D eigenvalue weighted by Crippen LogP contribution is 2.21. The van der Waals surface area contributed by atoms with Gasteiger partial charge in [-0.3, -0.25) is 14.4 Å². The van der Waals surface area contributed by atoms with Gasteiger partial charge < -0.3 is 19.1 Å². The summed E-state index contributed by atoms with van der Waals surface area (Å²) in [6, 6.07) is 0. The zero-order valence-corrected chi connectivity index (χ0v) is 35.1. The quantitative estimate of drug-likeness (QED) is 0.0273. The highest BCUT2D eigenvalue weighted by Gasteiger charge is 2.20. The summed E-state index contributed by atoms with van der Waals surface area (Å²) in [4.78, 5) is 37.4. The van der Waals surface area contributed by atoms with E-state index in [0.717, 1.165) is 83.6 Å². The molecule has 2 atom stereocenters. The average Bonchev–Trinajstić information content (AvgIpc) is 3.13. The van der Waals surface area contributed by atoms with Crippen LogP contribution in [-0.4, -0.2) is 63.8 Å². The van der Waals surface area contributed by atoms with Gasteiger partial charge in [-0.2, -0.15) is 0 Å². The van der Waals surface area contributed by atoms with Crippen molar-refractivity contribution >= 4 is 17.9 Å². The van der Waals surface area contributed by atoms with Crippen LogP contribution in [0.4, 0.5) is 0 Å². The second kappa shape index (κ2) is 37.6. The fraction of sp³-hybridized carbons (Fsp3) is 0.761. The Morgan fingerprint density at radius 1 is 0.491 bits per heavy atom. The molecule has 0 amide bonds. The first kappa shape index (κ1) is 50.3. The summed E-state index contributed by atoms with van der Waals surface area (Å²) in [7, 11) is 7.05. The third-order valence-corrected chi connectivity index (χ3v) is 9.87. The number of hydrogen-bond acceptors (Lipinski definition) is 7. The fourth-order valence-corrected chi connectivity index (χ4v) is 6.34. The van der Waals surface area contributed by atoms with Gasteiger partial charge in [0, 0.05) is 25.8 Å². The summed E-state index contributed by atoms with van der Waals surface area (Å²) in [5.41, 5.74) is 0. The normalized spacial score (nSPS) is 13.3. The molecule has 0 aromatic rings. The van der Waals surface area contributed by atoms with Crippen LogP contribution in [0.5, 0.6) is 0 Å². The lowest BCUT2D eigenvalue weighted by Crippen LogP contribution is -2.27. The van der Waals surface area contributed by atoms with E-state index in [2.05, 4.69) is 90.9 Å². The maximum Gasteiger partial charge on any atom is 0.306 e. The number of rotatable bonds is 36. The van der Waals surface area contributed by atoms with Crippen LogP contribution in [0.3, 0.4) is 0 Å². The average molecular weight is 744 g/mol. The van der Waals surface area contributed by atoms with Crippen molar-refractivity contribution in [3.8, 4) is 0 Å². The predicted molar refractivity (Wildman–Crippen MR) is 223 cm³/mol. The molecular formula is C46H81NO6. The third-order valence-electron chi connectivity index (χ3n) is 9.87. The van der Waals surface area contributed by atoms with Gasteiger partial charge in [0.25, 0.3) is 0 Å². The number of methoxy groups -OCH3 is 2. The van der Waals surface area contributed by atoms with Gasteiger partial charge in [0.05, 0.1) is 14.2 Å². The lowest BCUT2D eigenvalue weighted by molar-refractivity contribution is -0.151. The topological polar surface area (TPSA) is 82.1 Å². The highest BCUT2D eigenvalue weighted by atomic mass is 16.5. The van der Waals surface area contributed by atoms with Crippen LogP contribution in [0.15, 0.2) is 48.6 Å². The lowest BCUT2D eigenvalue weighted by Gasteiger charge is -2.24. The largest absolute Gasteiger partial charge is 0.469 e. The molecule has 0 saturated carbocycles. The van der Waals surface area contributed by atoms with E-state index < -0.39 is 0 Å². The number of nitrogens with zero attached hydrogens (tertiary/aromatic N) is 1. The predicted octanol–water partition coefficient (Wildman–Crippen LogP) is 12.1. The molecule has 0 aliphatic carbocycles. The van der Waals surface area contributed by atoms with Crippen LogP contribution in [-0.2, 0) is 28.6 Å². The molecule has 0 rings (SSSR count). The minimum Gasteiger partial charge on any atom is -0.469 e. The minimum absolute atomic E-state index is 0.0164. The molecule has 0 aromatic heterocycles. The number of esters is 3. The maximum absolute atomic E-state index is 13.0. The number of hydrogen-bond donors (Lipinski definition) is 0. The fourth-order valence-electron chi connectivity index (χ4n) is 6.34. The summed E-state index contributed by atoms with van der Waals surface area (Å²) in [5, 5.41) is 0. The summed E-state index contributed by atoms with van der Waals surface area (Å²) in [6.07, 6.45) is 43.7. The smallest absolute Gasteiger partial charge is 0.306 e. The SMILES string of the molecule is COC(=O)CCC/C=C\C/C=C\CCCCCCCCC(CCCCCCCC/C=C\C/C=C\CCCC(=O)OC)OC(=O)CC(C)C(C)CN(C)C. The molecule has 0 spiro atoms.